The molecule has 0 aliphatic heterocycles. The Bertz CT molecular complexity index is 1510. The predicted molar refractivity (Wildman–Crippen MR) is 145 cm³/mol. The van der Waals surface area contributed by atoms with Gasteiger partial charge < -0.3 is 20.1 Å². The van der Waals surface area contributed by atoms with Crippen molar-refractivity contribution < 1.29 is 24.0 Å². The third-order valence-corrected chi connectivity index (χ3v) is 7.03. The smallest absolute Gasteiger partial charge is 0.273 e. The molecule has 0 saturated heterocycles. The highest BCUT2D eigenvalue weighted by Gasteiger charge is 2.21. The number of carbonyl (C=O) groups is 2. The molecule has 0 spiro atoms. The minimum absolute atomic E-state index is 0.0173. The van der Waals surface area contributed by atoms with Crippen LogP contribution in [-0.4, -0.2) is 56.5 Å². The lowest BCUT2D eigenvalue weighted by atomic mass is 10.1. The van der Waals surface area contributed by atoms with Crippen molar-refractivity contribution in [2.75, 3.05) is 25.3 Å². The highest BCUT2D eigenvalue weighted by Crippen LogP contribution is 2.32. The number of ether oxygens (including phenoxy) is 2. The summed E-state index contributed by atoms with van der Waals surface area (Å²) < 4.78 is 12.6. The van der Waals surface area contributed by atoms with Crippen LogP contribution in [0.4, 0.5) is 10.8 Å². The quantitative estimate of drug-likeness (QED) is 0.155. The van der Waals surface area contributed by atoms with Crippen molar-refractivity contribution in [3.8, 4) is 17.2 Å². The lowest BCUT2D eigenvalue weighted by molar-refractivity contribution is -0.385. The number of rotatable bonds is 11. The van der Waals surface area contributed by atoms with Crippen molar-refractivity contribution in [2.24, 2.45) is 0 Å². The van der Waals surface area contributed by atoms with E-state index < -0.39 is 10.8 Å². The maximum atomic E-state index is 12.8. The first-order chi connectivity index (χ1) is 18.8. The van der Waals surface area contributed by atoms with Gasteiger partial charge in [0.1, 0.15) is 11.5 Å². The van der Waals surface area contributed by atoms with Crippen molar-refractivity contribution in [1.29, 1.82) is 0 Å². The number of anilines is 1. The number of amides is 2. The molecule has 2 N–H and O–H groups in total. The number of carbonyl (C=O) groups excluding carboxylic acids is 2. The summed E-state index contributed by atoms with van der Waals surface area (Å²) in [7, 11) is 3.04. The number of methoxy groups -OCH3 is 2. The van der Waals surface area contributed by atoms with Crippen LogP contribution in [0.2, 0.25) is 0 Å². The van der Waals surface area contributed by atoms with Crippen molar-refractivity contribution in [1.82, 2.24) is 25.1 Å². The molecular weight excluding hydrogens is 546 g/mol. The lowest BCUT2D eigenvalue weighted by Gasteiger charge is -2.15. The molecule has 15 heteroatoms. The number of nitrogens with zero attached hydrogens (tertiary/aromatic N) is 5. The summed E-state index contributed by atoms with van der Waals surface area (Å²) in [5.41, 5.74) is 0.953. The van der Waals surface area contributed by atoms with Crippen LogP contribution in [0, 0.1) is 17.0 Å². The summed E-state index contributed by atoms with van der Waals surface area (Å²) in [5.74, 6) is 0.563. The number of thioether (sulfide) groups is 1. The van der Waals surface area contributed by atoms with Crippen LogP contribution < -0.4 is 20.1 Å². The molecule has 2 amide bonds. The molecule has 4 aromatic rings. The van der Waals surface area contributed by atoms with E-state index in [1.165, 1.54) is 43.8 Å². The van der Waals surface area contributed by atoms with Crippen molar-refractivity contribution in [3.63, 3.8) is 0 Å². The Balaban J connectivity index is 1.61. The average Bonchev–Trinajstić information content (AvgIpc) is 3.59. The molecule has 0 saturated carbocycles. The van der Waals surface area contributed by atoms with Gasteiger partial charge in [-0.05, 0) is 25.1 Å². The number of nitro groups is 1. The van der Waals surface area contributed by atoms with E-state index in [4.69, 9.17) is 9.47 Å². The van der Waals surface area contributed by atoms with Gasteiger partial charge in [-0.25, -0.2) is 4.98 Å². The summed E-state index contributed by atoms with van der Waals surface area (Å²) in [4.78, 5) is 40.1. The Hall–Kier alpha value is -4.50. The zero-order valence-electron chi connectivity index (χ0n) is 21.0. The number of benzene rings is 2. The van der Waals surface area contributed by atoms with Gasteiger partial charge in [0, 0.05) is 34.8 Å². The molecule has 0 atom stereocenters. The van der Waals surface area contributed by atoms with E-state index in [9.17, 15) is 19.7 Å². The molecule has 0 unspecified atom stereocenters. The average molecular weight is 570 g/mol. The molecule has 4 rings (SSSR count). The highest BCUT2D eigenvalue weighted by atomic mass is 32.2. The molecule has 0 aliphatic carbocycles. The molecule has 202 valence electrons. The van der Waals surface area contributed by atoms with Gasteiger partial charge in [-0.3, -0.25) is 24.3 Å². The van der Waals surface area contributed by atoms with Crippen LogP contribution in [0.3, 0.4) is 0 Å². The second kappa shape index (κ2) is 12.4. The normalized spacial score (nSPS) is 10.6. The standard InChI is InChI=1S/C24H23N7O6S2/c1-14-4-5-15(10-17(14)31(34)35)22(33)26-12-20-28-29-24(39-13-21(32)27-23-25-8-9-38-23)30(20)18-11-16(36-2)6-7-19(18)37-3/h4-11H,12-13H2,1-3H3,(H,26,33)(H,25,27,32). The predicted octanol–water partition coefficient (Wildman–Crippen LogP) is 3.62. The summed E-state index contributed by atoms with van der Waals surface area (Å²) in [6.07, 6.45) is 1.59. The van der Waals surface area contributed by atoms with Crippen LogP contribution in [0.1, 0.15) is 21.7 Å². The number of aryl methyl sites for hydroxylation is 1. The number of hydrogen-bond acceptors (Lipinski definition) is 11. The second-order valence-electron chi connectivity index (χ2n) is 7.89. The van der Waals surface area contributed by atoms with Crippen molar-refractivity contribution in [2.45, 2.75) is 18.6 Å². The second-order valence-corrected chi connectivity index (χ2v) is 9.72. The van der Waals surface area contributed by atoms with Crippen LogP contribution in [-0.2, 0) is 11.3 Å². The summed E-state index contributed by atoms with van der Waals surface area (Å²) in [5, 5.41) is 27.8. The first kappa shape index (κ1) is 27.5. The number of nitrogens with one attached hydrogen (secondary N) is 2. The molecule has 2 heterocycles. The van der Waals surface area contributed by atoms with Crippen LogP contribution in [0.5, 0.6) is 11.5 Å². The monoisotopic (exact) mass is 569 g/mol. The minimum atomic E-state index is -0.536. The van der Waals surface area contributed by atoms with Crippen LogP contribution in [0.25, 0.3) is 5.69 Å². The molecule has 39 heavy (non-hydrogen) atoms. The first-order valence-corrected chi connectivity index (χ1v) is 13.2. The largest absolute Gasteiger partial charge is 0.497 e. The van der Waals surface area contributed by atoms with E-state index in [1.807, 2.05) is 0 Å². The third kappa shape index (κ3) is 6.50. The molecule has 0 aliphatic rings. The minimum Gasteiger partial charge on any atom is -0.497 e. The Morgan fingerprint density at radius 2 is 1.97 bits per heavy atom. The SMILES string of the molecule is COc1ccc(OC)c(-n2c(CNC(=O)c3ccc(C)c([N+](=O)[O-])c3)nnc2SCC(=O)Nc2nccs2)c1. The number of nitro benzene ring substituents is 1. The van der Waals surface area contributed by atoms with E-state index in [2.05, 4.69) is 25.8 Å². The summed E-state index contributed by atoms with van der Waals surface area (Å²) in [6, 6.07) is 9.41. The fraction of sp³-hybridized carbons (Fsp3) is 0.208. The first-order valence-electron chi connectivity index (χ1n) is 11.3. The van der Waals surface area contributed by atoms with E-state index in [1.54, 1.807) is 41.3 Å². The Morgan fingerprint density at radius 3 is 2.67 bits per heavy atom. The molecular formula is C24H23N7O6S2. The van der Waals surface area contributed by atoms with Crippen LogP contribution in [0.15, 0.2) is 53.1 Å². The zero-order chi connectivity index (χ0) is 27.9. The fourth-order valence-corrected chi connectivity index (χ4v) is 4.81. The van der Waals surface area contributed by atoms with E-state index in [0.29, 0.717) is 38.9 Å². The van der Waals surface area contributed by atoms with Gasteiger partial charge in [-0.2, -0.15) is 0 Å². The highest BCUT2D eigenvalue weighted by molar-refractivity contribution is 7.99. The Labute approximate surface area is 230 Å². The number of aromatic nitrogens is 4. The fourth-order valence-electron chi connectivity index (χ4n) is 3.50. The molecule has 0 bridgehead atoms. The summed E-state index contributed by atoms with van der Waals surface area (Å²) >= 11 is 2.44. The molecule has 0 fully saturated rings. The van der Waals surface area contributed by atoms with Crippen LogP contribution >= 0.6 is 23.1 Å². The topological polar surface area (TPSA) is 163 Å². The number of hydrogen-bond donors (Lipinski definition) is 2. The lowest BCUT2D eigenvalue weighted by Crippen LogP contribution is -2.25. The van der Waals surface area contributed by atoms with Gasteiger partial charge in [-0.1, -0.05) is 17.8 Å². The van der Waals surface area contributed by atoms with E-state index in [0.717, 1.165) is 11.8 Å². The maximum absolute atomic E-state index is 12.8. The Kier molecular flexibility index (Phi) is 8.73. The van der Waals surface area contributed by atoms with Crippen molar-refractivity contribution >= 4 is 45.7 Å². The van der Waals surface area contributed by atoms with Gasteiger partial charge in [0.15, 0.2) is 16.1 Å². The Morgan fingerprint density at radius 1 is 1.15 bits per heavy atom. The van der Waals surface area contributed by atoms with Gasteiger partial charge in [-0.15, -0.1) is 21.5 Å². The van der Waals surface area contributed by atoms with E-state index >= 15 is 0 Å². The molecule has 13 nitrogen and oxygen atoms in total. The summed E-state index contributed by atoms with van der Waals surface area (Å²) in [6.45, 7) is 1.53. The number of thiazole rings is 1. The van der Waals surface area contributed by atoms with Gasteiger partial charge in [0.2, 0.25) is 5.91 Å². The van der Waals surface area contributed by atoms with Gasteiger partial charge >= 0.3 is 0 Å². The molecule has 2 aromatic heterocycles. The molecule has 0 radical (unpaired) electrons. The van der Waals surface area contributed by atoms with Gasteiger partial charge in [0.25, 0.3) is 11.6 Å². The third-order valence-electron chi connectivity index (χ3n) is 5.41. The van der Waals surface area contributed by atoms with Crippen molar-refractivity contribution in [3.05, 3.63) is 75.0 Å². The maximum Gasteiger partial charge on any atom is 0.273 e. The van der Waals surface area contributed by atoms with Gasteiger partial charge in [0.05, 0.1) is 37.1 Å². The van der Waals surface area contributed by atoms with E-state index in [-0.39, 0.29) is 29.5 Å². The zero-order valence-corrected chi connectivity index (χ0v) is 22.7. The molecule has 2 aromatic carbocycles.